The van der Waals surface area contributed by atoms with Gasteiger partial charge in [0, 0.05) is 24.2 Å². The highest BCUT2D eigenvalue weighted by molar-refractivity contribution is 5.95. The number of hydrogen-bond acceptors (Lipinski definition) is 5. The van der Waals surface area contributed by atoms with Crippen LogP contribution in [0.25, 0.3) is 11.4 Å². The van der Waals surface area contributed by atoms with Crippen LogP contribution in [0.15, 0.2) is 30.5 Å². The summed E-state index contributed by atoms with van der Waals surface area (Å²) >= 11 is 0. The Kier molecular flexibility index (Phi) is 5.11. The highest BCUT2D eigenvalue weighted by Crippen LogP contribution is 2.23. The van der Waals surface area contributed by atoms with Crippen molar-refractivity contribution in [3.63, 3.8) is 0 Å². The van der Waals surface area contributed by atoms with Crippen LogP contribution in [0, 0.1) is 11.7 Å². The third-order valence-corrected chi connectivity index (χ3v) is 4.38. The highest BCUT2D eigenvalue weighted by Gasteiger charge is 2.27. The zero-order chi connectivity index (χ0) is 18.7. The predicted octanol–water partition coefficient (Wildman–Crippen LogP) is 1.63. The van der Waals surface area contributed by atoms with Crippen molar-refractivity contribution in [2.24, 2.45) is 11.7 Å². The first kappa shape index (κ1) is 17.8. The summed E-state index contributed by atoms with van der Waals surface area (Å²) in [6.07, 6.45) is 2.46. The van der Waals surface area contributed by atoms with E-state index in [1.165, 1.54) is 7.11 Å². The van der Waals surface area contributed by atoms with Gasteiger partial charge >= 0.3 is 0 Å². The molecule has 0 saturated carbocycles. The van der Waals surface area contributed by atoms with Crippen LogP contribution in [-0.2, 0) is 4.79 Å². The molecule has 2 N–H and O–H groups in total. The molecule has 1 aliphatic heterocycles. The Labute approximate surface area is 150 Å². The van der Waals surface area contributed by atoms with Crippen LogP contribution < -0.4 is 10.5 Å². The summed E-state index contributed by atoms with van der Waals surface area (Å²) in [5.41, 5.74) is 6.38. The maximum Gasteiger partial charge on any atom is 0.253 e. The van der Waals surface area contributed by atoms with Crippen LogP contribution in [0.3, 0.4) is 0 Å². The Hall–Kier alpha value is -3.03. The van der Waals surface area contributed by atoms with E-state index in [4.69, 9.17) is 10.5 Å². The lowest BCUT2D eigenvalue weighted by molar-refractivity contribution is -0.123. The first-order valence-electron chi connectivity index (χ1n) is 8.25. The molecule has 2 heterocycles. The highest BCUT2D eigenvalue weighted by atomic mass is 19.1. The number of carbonyl (C=O) groups is 2. The molecule has 3 rings (SSSR count). The van der Waals surface area contributed by atoms with Gasteiger partial charge in [0.1, 0.15) is 0 Å². The van der Waals surface area contributed by atoms with Crippen LogP contribution in [0.5, 0.6) is 5.88 Å². The van der Waals surface area contributed by atoms with Crippen molar-refractivity contribution in [3.8, 4) is 17.3 Å². The number of rotatable bonds is 4. The maximum atomic E-state index is 13.5. The molecule has 0 aliphatic carbocycles. The molecule has 0 radical (unpaired) electrons. The van der Waals surface area contributed by atoms with Gasteiger partial charge in [0.2, 0.25) is 11.7 Å². The molecule has 0 unspecified atom stereocenters. The molecule has 0 spiro atoms. The molecule has 1 aromatic heterocycles. The molecule has 2 aromatic rings. The lowest BCUT2D eigenvalue weighted by Crippen LogP contribution is -2.44. The lowest BCUT2D eigenvalue weighted by Gasteiger charge is -2.31. The number of nitrogens with zero attached hydrogens (tertiary/aromatic N) is 3. The number of benzene rings is 1. The van der Waals surface area contributed by atoms with Crippen molar-refractivity contribution < 1.29 is 18.7 Å². The Morgan fingerprint density at radius 3 is 2.92 bits per heavy atom. The Balaban J connectivity index is 1.85. The van der Waals surface area contributed by atoms with Crippen molar-refractivity contribution in [3.05, 3.63) is 41.8 Å². The van der Waals surface area contributed by atoms with Crippen LogP contribution in [0.4, 0.5) is 4.39 Å². The fraction of sp³-hybridized carbons (Fsp3) is 0.333. The summed E-state index contributed by atoms with van der Waals surface area (Å²) in [5.74, 6) is -1.46. The largest absolute Gasteiger partial charge is 0.479 e. The minimum atomic E-state index is -0.658. The first-order chi connectivity index (χ1) is 12.5. The van der Waals surface area contributed by atoms with Crippen LogP contribution in [0.2, 0.25) is 0 Å². The number of carbonyl (C=O) groups excluding carboxylic acids is 2. The number of aromatic nitrogens is 2. The zero-order valence-electron chi connectivity index (χ0n) is 14.3. The Bertz CT molecular complexity index is 843. The van der Waals surface area contributed by atoms with Crippen molar-refractivity contribution in [2.75, 3.05) is 20.2 Å². The fourth-order valence-electron chi connectivity index (χ4n) is 3.00. The normalized spacial score (nSPS) is 17.0. The minimum Gasteiger partial charge on any atom is -0.479 e. The van der Waals surface area contributed by atoms with Crippen molar-refractivity contribution in [1.29, 1.82) is 0 Å². The smallest absolute Gasteiger partial charge is 0.253 e. The van der Waals surface area contributed by atoms with Crippen molar-refractivity contribution in [1.82, 2.24) is 14.9 Å². The van der Waals surface area contributed by atoms with Gasteiger partial charge in [-0.1, -0.05) is 12.1 Å². The van der Waals surface area contributed by atoms with E-state index >= 15 is 0 Å². The average molecular weight is 358 g/mol. The van der Waals surface area contributed by atoms with Gasteiger partial charge in [0.05, 0.1) is 19.2 Å². The molecule has 1 aromatic carbocycles. The van der Waals surface area contributed by atoms with Crippen LogP contribution >= 0.6 is 0 Å². The quantitative estimate of drug-likeness (QED) is 0.896. The number of nitrogens with two attached hydrogens (primary N) is 1. The first-order valence-corrected chi connectivity index (χ1v) is 8.25. The van der Waals surface area contributed by atoms with E-state index in [1.807, 2.05) is 0 Å². The minimum absolute atomic E-state index is 0.160. The number of ether oxygens (including phenoxy) is 1. The molecule has 1 atom stereocenters. The molecular formula is C18H19FN4O3. The molecule has 2 amide bonds. The number of halogens is 1. The molecule has 0 bridgehead atoms. The summed E-state index contributed by atoms with van der Waals surface area (Å²) in [5, 5.41) is 0. The standard InChI is InChI=1S/C18H19FN4O3/c1-26-17-14(19)9-21-16(22-17)11-4-2-5-12(8-11)18(25)23-7-3-6-13(10-23)15(20)24/h2,4-5,8-9,13H,3,6-7,10H2,1H3,(H2,20,24)/t13-/m1/s1. The third-order valence-electron chi connectivity index (χ3n) is 4.38. The summed E-state index contributed by atoms with van der Waals surface area (Å²) in [7, 11) is 1.32. The van der Waals surface area contributed by atoms with Crippen molar-refractivity contribution in [2.45, 2.75) is 12.8 Å². The number of primary amides is 1. The van der Waals surface area contributed by atoms with Gasteiger partial charge in [0.25, 0.3) is 11.8 Å². The molecule has 1 fully saturated rings. The van der Waals surface area contributed by atoms with E-state index in [0.717, 1.165) is 12.6 Å². The average Bonchev–Trinajstić information content (AvgIpc) is 2.68. The molecular weight excluding hydrogens is 339 g/mol. The van der Waals surface area contributed by atoms with Crippen molar-refractivity contribution >= 4 is 11.8 Å². The van der Waals surface area contributed by atoms with E-state index in [9.17, 15) is 14.0 Å². The number of likely N-dealkylation sites (tertiary alicyclic amines) is 1. The second-order valence-electron chi connectivity index (χ2n) is 6.12. The second-order valence-corrected chi connectivity index (χ2v) is 6.12. The van der Waals surface area contributed by atoms with E-state index in [2.05, 4.69) is 9.97 Å². The Morgan fingerprint density at radius 1 is 1.38 bits per heavy atom. The van der Waals surface area contributed by atoms with Gasteiger partial charge in [-0.15, -0.1) is 0 Å². The summed E-state index contributed by atoms with van der Waals surface area (Å²) < 4.78 is 18.4. The number of methoxy groups -OCH3 is 1. The van der Waals surface area contributed by atoms with Crippen LogP contribution in [-0.4, -0.2) is 46.9 Å². The van der Waals surface area contributed by atoms with Gasteiger partial charge in [-0.05, 0) is 25.0 Å². The van der Waals surface area contributed by atoms with Gasteiger partial charge in [-0.3, -0.25) is 9.59 Å². The summed E-state index contributed by atoms with van der Waals surface area (Å²) in [4.78, 5) is 33.8. The van der Waals surface area contributed by atoms with Crippen LogP contribution in [0.1, 0.15) is 23.2 Å². The van der Waals surface area contributed by atoms with E-state index in [-0.39, 0.29) is 29.4 Å². The summed E-state index contributed by atoms with van der Waals surface area (Å²) in [6.45, 7) is 0.896. The molecule has 7 nitrogen and oxygen atoms in total. The molecule has 1 saturated heterocycles. The van der Waals surface area contributed by atoms with Gasteiger partial charge < -0.3 is 15.4 Å². The van der Waals surface area contributed by atoms with Gasteiger partial charge in [-0.2, -0.15) is 9.37 Å². The predicted molar refractivity (Wildman–Crippen MR) is 91.8 cm³/mol. The fourth-order valence-corrected chi connectivity index (χ4v) is 3.00. The van der Waals surface area contributed by atoms with Gasteiger partial charge in [-0.25, -0.2) is 4.98 Å². The van der Waals surface area contributed by atoms with E-state index in [1.54, 1.807) is 29.2 Å². The SMILES string of the molecule is COc1nc(-c2cccc(C(=O)N3CCC[C@@H](C(N)=O)C3)c2)ncc1F. The topological polar surface area (TPSA) is 98.4 Å². The monoisotopic (exact) mass is 358 g/mol. The molecule has 26 heavy (non-hydrogen) atoms. The Morgan fingerprint density at radius 2 is 2.19 bits per heavy atom. The zero-order valence-corrected chi connectivity index (χ0v) is 14.3. The maximum absolute atomic E-state index is 13.5. The lowest BCUT2D eigenvalue weighted by atomic mass is 9.96. The summed E-state index contributed by atoms with van der Waals surface area (Å²) in [6, 6.07) is 6.76. The second kappa shape index (κ2) is 7.47. The van der Waals surface area contributed by atoms with Gasteiger partial charge in [0.15, 0.2) is 5.82 Å². The third kappa shape index (κ3) is 3.63. The molecule has 136 valence electrons. The number of hydrogen-bond donors (Lipinski definition) is 1. The van der Waals surface area contributed by atoms with E-state index < -0.39 is 5.82 Å². The number of amides is 2. The molecule has 1 aliphatic rings. The number of piperidine rings is 1. The van der Waals surface area contributed by atoms with E-state index in [0.29, 0.717) is 30.6 Å². The molecule has 8 heteroatoms.